The second kappa shape index (κ2) is 8.39. The number of carbonyl (C=O) groups excluding carboxylic acids is 2. The van der Waals surface area contributed by atoms with E-state index in [1.165, 1.54) is 10.5 Å². The van der Waals surface area contributed by atoms with Gasteiger partial charge in [-0.15, -0.1) is 0 Å². The number of aryl methyl sites for hydroxylation is 3. The lowest BCUT2D eigenvalue weighted by molar-refractivity contribution is 0.0989. The fourth-order valence-electron chi connectivity index (χ4n) is 3.34. The number of carbonyl (C=O) groups is 2. The minimum absolute atomic E-state index is 0.0362. The van der Waals surface area contributed by atoms with Crippen LogP contribution in [0.2, 0.25) is 0 Å². The topological polar surface area (TPSA) is 92.6 Å². The zero-order valence-corrected chi connectivity index (χ0v) is 19.0. The van der Waals surface area contributed by atoms with Crippen molar-refractivity contribution >= 4 is 39.5 Å². The van der Waals surface area contributed by atoms with Gasteiger partial charge in [-0.2, -0.15) is 0 Å². The number of aromatic nitrogens is 2. The van der Waals surface area contributed by atoms with E-state index in [0.717, 1.165) is 28.0 Å². The number of hydrogen-bond donors (Lipinski definition) is 2. The lowest BCUT2D eigenvalue weighted by Crippen LogP contribution is -2.25. The molecule has 0 saturated carbocycles. The second-order valence-electron chi connectivity index (χ2n) is 7.66. The summed E-state index contributed by atoms with van der Waals surface area (Å²) in [5.74, 6) is -1.03. The molecule has 2 heterocycles. The van der Waals surface area contributed by atoms with Crippen molar-refractivity contribution < 1.29 is 9.59 Å². The highest BCUT2D eigenvalue weighted by Crippen LogP contribution is 2.25. The monoisotopic (exact) mass is 446 g/mol. The van der Waals surface area contributed by atoms with Gasteiger partial charge in [0.25, 0.3) is 17.4 Å². The standard InChI is InChI=1S/C24H22N4O3S/c1-13-8-10-17(11-9-13)26-22(30)20-21(32-24-25-15(3)12-19(29)28(20)24)23(31)27-18-7-5-6-14(2)16(18)4/h5-12H,1-4H3,(H,26,30)(H,27,31). The lowest BCUT2D eigenvalue weighted by Gasteiger charge is -2.11. The molecule has 4 rings (SSSR count). The van der Waals surface area contributed by atoms with Crippen molar-refractivity contribution in [3.8, 4) is 0 Å². The molecule has 0 fully saturated rings. The van der Waals surface area contributed by atoms with E-state index >= 15 is 0 Å². The highest BCUT2D eigenvalue weighted by Gasteiger charge is 2.26. The van der Waals surface area contributed by atoms with Crippen molar-refractivity contribution in [1.29, 1.82) is 0 Å². The Labute approximate surface area is 188 Å². The summed E-state index contributed by atoms with van der Waals surface area (Å²) < 4.78 is 1.19. The van der Waals surface area contributed by atoms with Crippen LogP contribution in [-0.4, -0.2) is 21.2 Å². The van der Waals surface area contributed by atoms with Gasteiger partial charge in [-0.05, 0) is 57.0 Å². The number of hydrogen-bond acceptors (Lipinski definition) is 5. The molecule has 0 aliphatic heterocycles. The Morgan fingerprint density at radius 3 is 2.38 bits per heavy atom. The van der Waals surface area contributed by atoms with Crippen LogP contribution in [0, 0.1) is 27.7 Å². The minimum Gasteiger partial charge on any atom is -0.321 e. The molecule has 0 radical (unpaired) electrons. The van der Waals surface area contributed by atoms with Crippen LogP contribution in [0.3, 0.4) is 0 Å². The number of fused-ring (bicyclic) bond motifs is 1. The van der Waals surface area contributed by atoms with Gasteiger partial charge in [-0.25, -0.2) is 9.38 Å². The molecule has 0 aliphatic carbocycles. The Bertz CT molecular complexity index is 1420. The van der Waals surface area contributed by atoms with Crippen LogP contribution >= 0.6 is 11.3 Å². The molecular formula is C24H22N4O3S. The molecule has 0 aliphatic rings. The van der Waals surface area contributed by atoms with Crippen LogP contribution < -0.4 is 16.2 Å². The molecule has 2 aromatic carbocycles. The van der Waals surface area contributed by atoms with Crippen LogP contribution in [0.25, 0.3) is 4.96 Å². The van der Waals surface area contributed by atoms with Gasteiger partial charge >= 0.3 is 0 Å². The molecule has 7 nitrogen and oxygen atoms in total. The molecule has 0 bridgehead atoms. The number of rotatable bonds is 4. The third kappa shape index (κ3) is 4.04. The van der Waals surface area contributed by atoms with E-state index in [9.17, 15) is 14.4 Å². The molecule has 0 spiro atoms. The Balaban J connectivity index is 1.81. The molecule has 0 saturated heterocycles. The number of amides is 2. The smallest absolute Gasteiger partial charge is 0.274 e. The first-order valence-electron chi connectivity index (χ1n) is 10.0. The van der Waals surface area contributed by atoms with Gasteiger partial charge in [0.15, 0.2) is 4.96 Å². The molecule has 8 heteroatoms. The summed E-state index contributed by atoms with van der Waals surface area (Å²) in [7, 11) is 0. The summed E-state index contributed by atoms with van der Waals surface area (Å²) in [4.78, 5) is 44.0. The van der Waals surface area contributed by atoms with Crippen molar-refractivity contribution in [1.82, 2.24) is 9.38 Å². The van der Waals surface area contributed by atoms with E-state index < -0.39 is 17.4 Å². The van der Waals surface area contributed by atoms with Gasteiger partial charge in [0, 0.05) is 23.1 Å². The first-order valence-corrected chi connectivity index (χ1v) is 10.8. The molecule has 4 aromatic rings. The first kappa shape index (κ1) is 21.5. The Hall–Kier alpha value is -3.78. The molecule has 32 heavy (non-hydrogen) atoms. The number of anilines is 2. The van der Waals surface area contributed by atoms with Gasteiger partial charge in [0.2, 0.25) is 0 Å². The maximum atomic E-state index is 13.2. The molecule has 0 unspecified atom stereocenters. The van der Waals surface area contributed by atoms with Crippen LogP contribution in [0.15, 0.2) is 53.3 Å². The molecular weight excluding hydrogens is 424 g/mol. The van der Waals surface area contributed by atoms with Crippen molar-refractivity contribution in [3.05, 3.63) is 91.8 Å². The third-order valence-electron chi connectivity index (χ3n) is 5.23. The van der Waals surface area contributed by atoms with Crippen molar-refractivity contribution in [2.75, 3.05) is 10.6 Å². The number of nitrogens with zero attached hydrogens (tertiary/aromatic N) is 2. The van der Waals surface area contributed by atoms with E-state index in [1.807, 2.05) is 45.0 Å². The Morgan fingerprint density at radius 1 is 0.938 bits per heavy atom. The van der Waals surface area contributed by atoms with Crippen LogP contribution in [0.5, 0.6) is 0 Å². The third-order valence-corrected chi connectivity index (χ3v) is 6.27. The highest BCUT2D eigenvalue weighted by molar-refractivity contribution is 7.19. The maximum absolute atomic E-state index is 13.2. The molecule has 0 atom stereocenters. The molecule has 2 N–H and O–H groups in total. The van der Waals surface area contributed by atoms with Gasteiger partial charge in [0.05, 0.1) is 0 Å². The molecule has 2 aromatic heterocycles. The largest absolute Gasteiger partial charge is 0.321 e. The lowest BCUT2D eigenvalue weighted by atomic mass is 10.1. The minimum atomic E-state index is -0.557. The molecule has 162 valence electrons. The zero-order valence-electron chi connectivity index (χ0n) is 18.1. The van der Waals surface area contributed by atoms with Gasteiger partial charge in [0.1, 0.15) is 10.6 Å². The summed E-state index contributed by atoms with van der Waals surface area (Å²) >= 11 is 1.01. The SMILES string of the molecule is Cc1ccc(NC(=O)c2c(C(=O)Nc3cccc(C)c3C)sc3nc(C)cc(=O)n23)cc1. The van der Waals surface area contributed by atoms with E-state index in [-0.39, 0.29) is 15.5 Å². The number of benzene rings is 2. The van der Waals surface area contributed by atoms with Crippen molar-refractivity contribution in [2.24, 2.45) is 0 Å². The predicted molar refractivity (Wildman–Crippen MR) is 127 cm³/mol. The second-order valence-corrected chi connectivity index (χ2v) is 8.63. The van der Waals surface area contributed by atoms with Crippen LogP contribution in [0.4, 0.5) is 11.4 Å². The quantitative estimate of drug-likeness (QED) is 0.483. The van der Waals surface area contributed by atoms with E-state index in [1.54, 1.807) is 25.1 Å². The number of nitrogens with one attached hydrogen (secondary N) is 2. The normalized spacial score (nSPS) is 10.9. The summed E-state index contributed by atoms with van der Waals surface area (Å²) in [6, 6.07) is 14.2. The zero-order chi connectivity index (χ0) is 23.0. The van der Waals surface area contributed by atoms with Crippen molar-refractivity contribution in [2.45, 2.75) is 27.7 Å². The van der Waals surface area contributed by atoms with Gasteiger partial charge < -0.3 is 10.6 Å². The average Bonchev–Trinajstić information content (AvgIpc) is 3.13. The van der Waals surface area contributed by atoms with Gasteiger partial charge in [-0.3, -0.25) is 14.4 Å². The van der Waals surface area contributed by atoms with Crippen LogP contribution in [-0.2, 0) is 0 Å². The van der Waals surface area contributed by atoms with Crippen molar-refractivity contribution in [3.63, 3.8) is 0 Å². The summed E-state index contributed by atoms with van der Waals surface area (Å²) in [5.41, 5.74) is 4.29. The fraction of sp³-hybridized carbons (Fsp3) is 0.167. The van der Waals surface area contributed by atoms with E-state index in [0.29, 0.717) is 17.1 Å². The first-order chi connectivity index (χ1) is 15.2. The van der Waals surface area contributed by atoms with Gasteiger partial charge in [-0.1, -0.05) is 41.2 Å². The average molecular weight is 447 g/mol. The maximum Gasteiger partial charge on any atom is 0.274 e. The van der Waals surface area contributed by atoms with E-state index in [2.05, 4.69) is 15.6 Å². The summed E-state index contributed by atoms with van der Waals surface area (Å²) in [6.45, 7) is 7.51. The fourth-order valence-corrected chi connectivity index (χ4v) is 4.41. The van der Waals surface area contributed by atoms with E-state index in [4.69, 9.17) is 0 Å². The number of thiazole rings is 1. The van der Waals surface area contributed by atoms with Crippen LogP contribution in [0.1, 0.15) is 42.5 Å². The predicted octanol–water partition coefficient (Wildman–Crippen LogP) is 4.49. The molecule has 2 amide bonds. The summed E-state index contributed by atoms with van der Waals surface area (Å²) in [5, 5.41) is 5.66. The Morgan fingerprint density at radius 2 is 1.66 bits per heavy atom. The summed E-state index contributed by atoms with van der Waals surface area (Å²) in [6.07, 6.45) is 0. The highest BCUT2D eigenvalue weighted by atomic mass is 32.1. The Kier molecular flexibility index (Phi) is 5.63.